The second kappa shape index (κ2) is 5.52. The zero-order valence-corrected chi connectivity index (χ0v) is 12.0. The predicted molar refractivity (Wildman–Crippen MR) is 74.7 cm³/mol. The standard InChI is InChI=1S/C13H8F3IS/c14-13(15,16)9-1-5-11(6-2-9)18-12-7-3-10(17)4-8-12/h1-8H. The number of hydrogen-bond acceptors (Lipinski definition) is 1. The Morgan fingerprint density at radius 3 is 1.67 bits per heavy atom. The van der Waals surface area contributed by atoms with Crippen molar-refractivity contribution in [2.24, 2.45) is 0 Å². The van der Waals surface area contributed by atoms with Gasteiger partial charge in [0.05, 0.1) is 5.56 Å². The molecule has 2 rings (SSSR count). The van der Waals surface area contributed by atoms with Gasteiger partial charge in [-0.2, -0.15) is 13.2 Å². The highest BCUT2D eigenvalue weighted by Gasteiger charge is 2.29. The third-order valence-corrected chi connectivity index (χ3v) is 3.97. The van der Waals surface area contributed by atoms with Crippen LogP contribution in [0.25, 0.3) is 0 Å². The molecule has 0 spiro atoms. The van der Waals surface area contributed by atoms with Crippen LogP contribution in [0, 0.1) is 3.57 Å². The van der Waals surface area contributed by atoms with E-state index in [1.165, 1.54) is 23.9 Å². The maximum absolute atomic E-state index is 12.4. The van der Waals surface area contributed by atoms with Crippen LogP contribution in [0.15, 0.2) is 58.3 Å². The molecule has 0 bridgehead atoms. The summed E-state index contributed by atoms with van der Waals surface area (Å²) in [6, 6.07) is 13.0. The highest BCUT2D eigenvalue weighted by molar-refractivity contribution is 14.1. The van der Waals surface area contributed by atoms with E-state index in [1.54, 1.807) is 0 Å². The first kappa shape index (κ1) is 13.7. The zero-order valence-electron chi connectivity index (χ0n) is 9.04. The Morgan fingerprint density at radius 1 is 0.778 bits per heavy atom. The van der Waals surface area contributed by atoms with Crippen LogP contribution in [0.5, 0.6) is 0 Å². The number of alkyl halides is 3. The average molecular weight is 380 g/mol. The molecule has 0 unspecified atom stereocenters. The second-order valence-corrected chi connectivity index (χ2v) is 5.97. The molecule has 0 radical (unpaired) electrons. The summed E-state index contributed by atoms with van der Waals surface area (Å²) < 4.78 is 38.3. The Hall–Kier alpha value is -0.690. The van der Waals surface area contributed by atoms with Gasteiger partial charge in [-0.05, 0) is 71.1 Å². The molecular weight excluding hydrogens is 372 g/mol. The molecule has 0 amide bonds. The molecular formula is C13H8F3IS. The van der Waals surface area contributed by atoms with Crippen LogP contribution >= 0.6 is 34.4 Å². The van der Waals surface area contributed by atoms with Crippen LogP contribution < -0.4 is 0 Å². The molecule has 94 valence electrons. The normalized spacial score (nSPS) is 11.6. The van der Waals surface area contributed by atoms with Crippen molar-refractivity contribution in [1.82, 2.24) is 0 Å². The van der Waals surface area contributed by atoms with Gasteiger partial charge in [0.25, 0.3) is 0 Å². The Morgan fingerprint density at radius 2 is 1.22 bits per heavy atom. The Bertz CT molecular complexity index is 517. The van der Waals surface area contributed by atoms with Gasteiger partial charge >= 0.3 is 6.18 Å². The Labute approximate surface area is 121 Å². The number of benzene rings is 2. The highest BCUT2D eigenvalue weighted by atomic mass is 127. The SMILES string of the molecule is FC(F)(F)c1ccc(Sc2ccc(I)cc2)cc1. The molecule has 18 heavy (non-hydrogen) atoms. The van der Waals surface area contributed by atoms with Gasteiger partial charge < -0.3 is 0 Å². The van der Waals surface area contributed by atoms with Gasteiger partial charge in [0.1, 0.15) is 0 Å². The van der Waals surface area contributed by atoms with Gasteiger partial charge in [-0.1, -0.05) is 11.8 Å². The minimum Gasteiger partial charge on any atom is -0.166 e. The van der Waals surface area contributed by atoms with Crippen molar-refractivity contribution in [3.8, 4) is 0 Å². The molecule has 2 aromatic rings. The van der Waals surface area contributed by atoms with Crippen LogP contribution in [-0.4, -0.2) is 0 Å². The fraction of sp³-hybridized carbons (Fsp3) is 0.0769. The van der Waals surface area contributed by atoms with E-state index in [1.807, 2.05) is 24.3 Å². The molecule has 5 heteroatoms. The van der Waals surface area contributed by atoms with Gasteiger partial charge in [-0.15, -0.1) is 0 Å². The van der Waals surface area contributed by atoms with E-state index in [-0.39, 0.29) is 0 Å². The number of halogens is 4. The van der Waals surface area contributed by atoms with Crippen molar-refractivity contribution in [3.63, 3.8) is 0 Å². The van der Waals surface area contributed by atoms with Crippen LogP contribution in [0.2, 0.25) is 0 Å². The van der Waals surface area contributed by atoms with Gasteiger partial charge in [0, 0.05) is 13.4 Å². The van der Waals surface area contributed by atoms with E-state index in [2.05, 4.69) is 22.6 Å². The van der Waals surface area contributed by atoms with Crippen molar-refractivity contribution in [2.75, 3.05) is 0 Å². The molecule has 0 saturated carbocycles. The molecule has 0 aliphatic carbocycles. The van der Waals surface area contributed by atoms with Gasteiger partial charge in [0.2, 0.25) is 0 Å². The van der Waals surface area contributed by atoms with Crippen molar-refractivity contribution in [2.45, 2.75) is 16.0 Å². The van der Waals surface area contributed by atoms with Crippen LogP contribution in [0.4, 0.5) is 13.2 Å². The van der Waals surface area contributed by atoms with Gasteiger partial charge in [0.15, 0.2) is 0 Å². The first-order valence-corrected chi connectivity index (χ1v) is 6.95. The fourth-order valence-electron chi connectivity index (χ4n) is 1.35. The second-order valence-electron chi connectivity index (χ2n) is 3.58. The minimum atomic E-state index is -4.27. The summed E-state index contributed by atoms with van der Waals surface area (Å²) in [6.45, 7) is 0. The largest absolute Gasteiger partial charge is 0.416 e. The fourth-order valence-corrected chi connectivity index (χ4v) is 2.53. The summed E-state index contributed by atoms with van der Waals surface area (Å²) in [5, 5.41) is 0. The third kappa shape index (κ3) is 3.65. The molecule has 0 N–H and O–H groups in total. The van der Waals surface area contributed by atoms with E-state index in [4.69, 9.17) is 0 Å². The first-order valence-electron chi connectivity index (χ1n) is 5.06. The summed E-state index contributed by atoms with van der Waals surface area (Å²) >= 11 is 3.65. The van der Waals surface area contributed by atoms with Crippen molar-refractivity contribution in [1.29, 1.82) is 0 Å². The molecule has 0 aromatic heterocycles. The average Bonchev–Trinajstić information content (AvgIpc) is 2.32. The van der Waals surface area contributed by atoms with Gasteiger partial charge in [-0.3, -0.25) is 0 Å². The lowest BCUT2D eigenvalue weighted by atomic mass is 10.2. The van der Waals surface area contributed by atoms with Crippen LogP contribution in [0.3, 0.4) is 0 Å². The van der Waals surface area contributed by atoms with E-state index < -0.39 is 11.7 Å². The molecule has 0 nitrogen and oxygen atoms in total. The quantitative estimate of drug-likeness (QED) is 0.624. The lowest BCUT2D eigenvalue weighted by molar-refractivity contribution is -0.137. The Kier molecular flexibility index (Phi) is 4.21. The van der Waals surface area contributed by atoms with Crippen molar-refractivity contribution in [3.05, 3.63) is 57.7 Å². The third-order valence-electron chi connectivity index (χ3n) is 2.23. The summed E-state index contributed by atoms with van der Waals surface area (Å²) in [4.78, 5) is 1.80. The molecule has 0 atom stereocenters. The van der Waals surface area contributed by atoms with E-state index in [9.17, 15) is 13.2 Å². The zero-order chi connectivity index (χ0) is 13.2. The van der Waals surface area contributed by atoms with Crippen molar-refractivity contribution < 1.29 is 13.2 Å². The molecule has 0 fully saturated rings. The summed E-state index contributed by atoms with van der Waals surface area (Å²) in [6.07, 6.45) is -4.27. The molecule has 2 aromatic carbocycles. The van der Waals surface area contributed by atoms with E-state index in [0.29, 0.717) is 0 Å². The van der Waals surface area contributed by atoms with E-state index in [0.717, 1.165) is 25.5 Å². The minimum absolute atomic E-state index is 0.616. The Balaban J connectivity index is 2.13. The summed E-state index contributed by atoms with van der Waals surface area (Å²) in [5.41, 5.74) is -0.616. The maximum atomic E-state index is 12.4. The number of rotatable bonds is 2. The smallest absolute Gasteiger partial charge is 0.166 e. The number of hydrogen-bond donors (Lipinski definition) is 0. The molecule has 0 heterocycles. The van der Waals surface area contributed by atoms with E-state index >= 15 is 0 Å². The monoisotopic (exact) mass is 380 g/mol. The summed E-state index contributed by atoms with van der Waals surface area (Å²) in [7, 11) is 0. The van der Waals surface area contributed by atoms with Crippen LogP contribution in [-0.2, 0) is 6.18 Å². The first-order chi connectivity index (χ1) is 8.45. The highest BCUT2D eigenvalue weighted by Crippen LogP contribution is 2.33. The lowest BCUT2D eigenvalue weighted by Gasteiger charge is -2.07. The molecule has 0 aliphatic rings. The van der Waals surface area contributed by atoms with Crippen molar-refractivity contribution >= 4 is 34.4 Å². The summed E-state index contributed by atoms with van der Waals surface area (Å²) in [5.74, 6) is 0. The van der Waals surface area contributed by atoms with Crippen LogP contribution in [0.1, 0.15) is 5.56 Å². The predicted octanol–water partition coefficient (Wildman–Crippen LogP) is 5.46. The lowest BCUT2D eigenvalue weighted by Crippen LogP contribution is -2.03. The van der Waals surface area contributed by atoms with Gasteiger partial charge in [-0.25, -0.2) is 0 Å². The molecule has 0 saturated heterocycles. The molecule has 0 aliphatic heterocycles. The topological polar surface area (TPSA) is 0 Å². The maximum Gasteiger partial charge on any atom is 0.416 e.